The van der Waals surface area contributed by atoms with Crippen LogP contribution in [0.4, 0.5) is 5.95 Å². The lowest BCUT2D eigenvalue weighted by Gasteiger charge is -2.03. The maximum atomic E-state index is 5.66. The predicted octanol–water partition coefficient (Wildman–Crippen LogP) is 2.36. The van der Waals surface area contributed by atoms with E-state index >= 15 is 0 Å². The van der Waals surface area contributed by atoms with Gasteiger partial charge in [0.05, 0.1) is 12.8 Å². The molecule has 3 rings (SSSR count). The number of rotatable bonds is 2. The third-order valence-corrected chi connectivity index (χ3v) is 3.92. The largest absolute Gasteiger partial charge is 0.481 e. The number of nitrogens with zero attached hydrogens (tertiary/aromatic N) is 4. The molecule has 0 spiro atoms. The van der Waals surface area contributed by atoms with E-state index in [4.69, 9.17) is 10.5 Å². The van der Waals surface area contributed by atoms with E-state index < -0.39 is 0 Å². The van der Waals surface area contributed by atoms with Gasteiger partial charge in [-0.05, 0) is 19.9 Å². The SMILES string of the molecule is COc1ncc(-c2nc3c(C)nc(N)nc3s2)cc1C. The monoisotopic (exact) mass is 287 g/mol. The van der Waals surface area contributed by atoms with Gasteiger partial charge in [0.15, 0.2) is 0 Å². The quantitative estimate of drug-likeness (QED) is 0.778. The first-order valence-electron chi connectivity index (χ1n) is 6.00. The molecule has 0 aliphatic carbocycles. The van der Waals surface area contributed by atoms with Gasteiger partial charge in [0.1, 0.15) is 15.4 Å². The molecule has 0 amide bonds. The number of pyridine rings is 1. The minimum atomic E-state index is 0.272. The Morgan fingerprint density at radius 2 is 2.00 bits per heavy atom. The second-order valence-electron chi connectivity index (χ2n) is 4.39. The predicted molar refractivity (Wildman–Crippen MR) is 78.9 cm³/mol. The molecule has 0 bridgehead atoms. The summed E-state index contributed by atoms with van der Waals surface area (Å²) in [5, 5.41) is 0.848. The zero-order valence-electron chi connectivity index (χ0n) is 11.3. The number of anilines is 1. The lowest BCUT2D eigenvalue weighted by Crippen LogP contribution is -1.96. The zero-order valence-corrected chi connectivity index (χ0v) is 12.2. The molecule has 6 nitrogen and oxygen atoms in total. The molecule has 0 radical (unpaired) electrons. The van der Waals surface area contributed by atoms with Crippen molar-refractivity contribution in [3.05, 3.63) is 23.5 Å². The Kier molecular flexibility index (Phi) is 2.98. The number of thiazole rings is 1. The maximum Gasteiger partial charge on any atom is 0.221 e. The Bertz CT molecular complexity index is 799. The third-order valence-electron chi connectivity index (χ3n) is 2.92. The van der Waals surface area contributed by atoms with Crippen LogP contribution in [-0.2, 0) is 0 Å². The Morgan fingerprint density at radius 3 is 2.70 bits per heavy atom. The lowest BCUT2D eigenvalue weighted by atomic mass is 10.2. The fraction of sp³-hybridized carbons (Fsp3) is 0.231. The van der Waals surface area contributed by atoms with Crippen molar-refractivity contribution in [1.29, 1.82) is 0 Å². The molecule has 0 atom stereocenters. The van der Waals surface area contributed by atoms with Crippen LogP contribution >= 0.6 is 11.3 Å². The first kappa shape index (κ1) is 12.7. The van der Waals surface area contributed by atoms with Crippen molar-refractivity contribution in [2.75, 3.05) is 12.8 Å². The molecule has 3 aromatic heterocycles. The van der Waals surface area contributed by atoms with E-state index in [1.165, 1.54) is 11.3 Å². The van der Waals surface area contributed by atoms with E-state index in [2.05, 4.69) is 19.9 Å². The highest BCUT2D eigenvalue weighted by molar-refractivity contribution is 7.21. The number of methoxy groups -OCH3 is 1. The lowest BCUT2D eigenvalue weighted by molar-refractivity contribution is 0.394. The van der Waals surface area contributed by atoms with Crippen LogP contribution < -0.4 is 10.5 Å². The van der Waals surface area contributed by atoms with Crippen molar-refractivity contribution in [2.45, 2.75) is 13.8 Å². The minimum Gasteiger partial charge on any atom is -0.481 e. The van der Waals surface area contributed by atoms with Crippen LogP contribution in [0, 0.1) is 13.8 Å². The Hall–Kier alpha value is -2.28. The number of fused-ring (bicyclic) bond motifs is 1. The van der Waals surface area contributed by atoms with Crippen molar-refractivity contribution in [3.63, 3.8) is 0 Å². The van der Waals surface area contributed by atoms with E-state index in [-0.39, 0.29) is 5.95 Å². The first-order valence-corrected chi connectivity index (χ1v) is 6.82. The van der Waals surface area contributed by atoms with Gasteiger partial charge in [-0.2, -0.15) is 0 Å². The van der Waals surface area contributed by atoms with E-state index in [9.17, 15) is 0 Å². The average Bonchev–Trinajstić information content (AvgIpc) is 2.82. The Labute approximate surface area is 119 Å². The summed E-state index contributed by atoms with van der Waals surface area (Å²) in [5.74, 6) is 0.893. The molecule has 7 heteroatoms. The van der Waals surface area contributed by atoms with Crippen molar-refractivity contribution >= 4 is 27.6 Å². The highest BCUT2D eigenvalue weighted by atomic mass is 32.1. The van der Waals surface area contributed by atoms with Gasteiger partial charge in [0, 0.05) is 17.3 Å². The average molecular weight is 287 g/mol. The Balaban J connectivity index is 2.15. The fourth-order valence-electron chi connectivity index (χ4n) is 1.99. The van der Waals surface area contributed by atoms with Crippen LogP contribution in [0.1, 0.15) is 11.3 Å². The molecule has 0 aliphatic rings. The van der Waals surface area contributed by atoms with Crippen molar-refractivity contribution in [1.82, 2.24) is 19.9 Å². The van der Waals surface area contributed by atoms with Gasteiger partial charge in [0.2, 0.25) is 11.8 Å². The molecule has 20 heavy (non-hydrogen) atoms. The van der Waals surface area contributed by atoms with Gasteiger partial charge in [-0.3, -0.25) is 0 Å². The van der Waals surface area contributed by atoms with Crippen molar-refractivity contribution in [2.24, 2.45) is 0 Å². The molecule has 0 aromatic carbocycles. The molecule has 102 valence electrons. The third kappa shape index (κ3) is 2.05. The molecule has 0 saturated carbocycles. The normalized spacial score (nSPS) is 10.9. The summed E-state index contributed by atoms with van der Waals surface area (Å²) >= 11 is 1.48. The second kappa shape index (κ2) is 4.68. The number of ether oxygens (including phenoxy) is 1. The van der Waals surface area contributed by atoms with Gasteiger partial charge < -0.3 is 10.5 Å². The Morgan fingerprint density at radius 1 is 1.20 bits per heavy atom. The highest BCUT2D eigenvalue weighted by Gasteiger charge is 2.12. The fourth-order valence-corrected chi connectivity index (χ4v) is 2.97. The van der Waals surface area contributed by atoms with E-state index in [0.29, 0.717) is 5.88 Å². The molecule has 2 N–H and O–H groups in total. The standard InChI is InChI=1S/C13H13N5OS/c1-6-4-8(5-15-10(6)19-3)11-17-9-7(2)16-13(14)18-12(9)20-11/h4-5H,1-3H3,(H2,14,16,18). The van der Waals surface area contributed by atoms with Gasteiger partial charge in [0.25, 0.3) is 0 Å². The van der Waals surface area contributed by atoms with Crippen LogP contribution in [-0.4, -0.2) is 27.0 Å². The second-order valence-corrected chi connectivity index (χ2v) is 5.37. The summed E-state index contributed by atoms with van der Waals surface area (Å²) < 4.78 is 5.16. The number of nitrogen functional groups attached to an aromatic ring is 1. The molecular formula is C13H13N5OS. The summed E-state index contributed by atoms with van der Waals surface area (Å²) in [5.41, 5.74) is 9.13. The molecular weight excluding hydrogens is 274 g/mol. The number of aryl methyl sites for hydroxylation is 2. The molecule has 3 heterocycles. The van der Waals surface area contributed by atoms with E-state index in [1.807, 2.05) is 19.9 Å². The van der Waals surface area contributed by atoms with Gasteiger partial charge >= 0.3 is 0 Å². The maximum absolute atomic E-state index is 5.66. The number of hydrogen-bond donors (Lipinski definition) is 1. The minimum absolute atomic E-state index is 0.272. The molecule has 0 fully saturated rings. The molecule has 3 aromatic rings. The van der Waals surface area contributed by atoms with E-state index in [0.717, 1.165) is 32.2 Å². The van der Waals surface area contributed by atoms with Crippen molar-refractivity contribution in [3.8, 4) is 16.5 Å². The molecule has 0 aliphatic heterocycles. The molecule has 0 saturated heterocycles. The summed E-state index contributed by atoms with van der Waals surface area (Å²) in [6, 6.07) is 2.00. The summed E-state index contributed by atoms with van der Waals surface area (Å²) in [6.45, 7) is 3.83. The van der Waals surface area contributed by atoms with Gasteiger partial charge in [-0.15, -0.1) is 0 Å². The van der Waals surface area contributed by atoms with Crippen LogP contribution in [0.3, 0.4) is 0 Å². The zero-order chi connectivity index (χ0) is 14.3. The number of hydrogen-bond acceptors (Lipinski definition) is 7. The summed E-state index contributed by atoms with van der Waals surface area (Å²) in [6.07, 6.45) is 1.75. The van der Waals surface area contributed by atoms with Crippen LogP contribution in [0.25, 0.3) is 20.9 Å². The first-order chi connectivity index (χ1) is 9.58. The van der Waals surface area contributed by atoms with E-state index in [1.54, 1.807) is 13.3 Å². The smallest absolute Gasteiger partial charge is 0.221 e. The van der Waals surface area contributed by atoms with Crippen molar-refractivity contribution < 1.29 is 4.74 Å². The van der Waals surface area contributed by atoms with Crippen LogP contribution in [0.15, 0.2) is 12.3 Å². The number of aromatic nitrogens is 4. The van der Waals surface area contributed by atoms with Crippen LogP contribution in [0.2, 0.25) is 0 Å². The number of nitrogens with two attached hydrogens (primary N) is 1. The highest BCUT2D eigenvalue weighted by Crippen LogP contribution is 2.31. The van der Waals surface area contributed by atoms with Gasteiger partial charge in [-0.25, -0.2) is 19.9 Å². The van der Waals surface area contributed by atoms with Crippen LogP contribution in [0.5, 0.6) is 5.88 Å². The summed E-state index contributed by atoms with van der Waals surface area (Å²) in [7, 11) is 1.61. The van der Waals surface area contributed by atoms with Gasteiger partial charge in [-0.1, -0.05) is 11.3 Å². The summed E-state index contributed by atoms with van der Waals surface area (Å²) in [4.78, 5) is 18.0. The molecule has 0 unspecified atom stereocenters. The topological polar surface area (TPSA) is 86.8 Å².